The van der Waals surface area contributed by atoms with Gasteiger partial charge in [-0.15, -0.1) is 0 Å². The summed E-state index contributed by atoms with van der Waals surface area (Å²) in [5.74, 6) is -1.14. The van der Waals surface area contributed by atoms with E-state index in [-0.39, 0.29) is 5.91 Å². The molecule has 26 heavy (non-hydrogen) atoms. The predicted molar refractivity (Wildman–Crippen MR) is 93.6 cm³/mol. The number of hydrogen-bond acceptors (Lipinski definition) is 5. The topological polar surface area (TPSA) is 72.9 Å². The SMILES string of the molecule is COC(=O)c1ccc(CN(C)C(=O)[C@@H]2Cc3ccccc3C(=O)O2)cc1. The molecular weight excluding hydrogens is 334 g/mol. The van der Waals surface area contributed by atoms with Gasteiger partial charge in [-0.1, -0.05) is 30.3 Å². The maximum Gasteiger partial charge on any atom is 0.339 e. The van der Waals surface area contributed by atoms with E-state index in [1.165, 1.54) is 12.0 Å². The number of rotatable bonds is 4. The van der Waals surface area contributed by atoms with Crippen molar-refractivity contribution in [2.75, 3.05) is 14.2 Å². The maximum atomic E-state index is 12.7. The second-order valence-electron chi connectivity index (χ2n) is 6.14. The van der Waals surface area contributed by atoms with E-state index in [1.807, 2.05) is 12.1 Å². The van der Waals surface area contributed by atoms with Crippen LogP contribution in [0.25, 0.3) is 0 Å². The molecule has 0 saturated heterocycles. The van der Waals surface area contributed by atoms with Gasteiger partial charge in [0.1, 0.15) is 0 Å². The Labute approximate surface area is 151 Å². The fourth-order valence-corrected chi connectivity index (χ4v) is 2.93. The smallest absolute Gasteiger partial charge is 0.339 e. The summed E-state index contributed by atoms with van der Waals surface area (Å²) in [7, 11) is 2.98. The van der Waals surface area contributed by atoms with Gasteiger partial charge in [0.25, 0.3) is 5.91 Å². The molecule has 0 radical (unpaired) electrons. The van der Waals surface area contributed by atoms with Crippen LogP contribution < -0.4 is 0 Å². The molecule has 0 fully saturated rings. The molecule has 6 heteroatoms. The molecular formula is C20H19NO5. The van der Waals surface area contributed by atoms with E-state index in [9.17, 15) is 14.4 Å². The fourth-order valence-electron chi connectivity index (χ4n) is 2.93. The van der Waals surface area contributed by atoms with Gasteiger partial charge in [-0.05, 0) is 29.3 Å². The highest BCUT2D eigenvalue weighted by atomic mass is 16.5. The zero-order chi connectivity index (χ0) is 18.7. The van der Waals surface area contributed by atoms with E-state index in [2.05, 4.69) is 4.74 Å². The van der Waals surface area contributed by atoms with Crippen LogP contribution in [-0.2, 0) is 27.2 Å². The lowest BCUT2D eigenvalue weighted by atomic mass is 9.98. The molecule has 0 aromatic heterocycles. The fraction of sp³-hybridized carbons (Fsp3) is 0.250. The molecule has 134 valence electrons. The minimum atomic E-state index is -0.822. The highest BCUT2D eigenvalue weighted by Crippen LogP contribution is 2.22. The number of fused-ring (bicyclic) bond motifs is 1. The first kappa shape index (κ1) is 17.7. The van der Waals surface area contributed by atoms with Crippen LogP contribution in [0.5, 0.6) is 0 Å². The van der Waals surface area contributed by atoms with Crippen LogP contribution in [0.3, 0.4) is 0 Å². The van der Waals surface area contributed by atoms with Gasteiger partial charge in [-0.2, -0.15) is 0 Å². The third-order valence-corrected chi connectivity index (χ3v) is 4.34. The van der Waals surface area contributed by atoms with Gasteiger partial charge in [0.05, 0.1) is 18.2 Å². The van der Waals surface area contributed by atoms with Crippen LogP contribution in [0.1, 0.15) is 31.8 Å². The Morgan fingerprint density at radius 1 is 1.15 bits per heavy atom. The summed E-state index contributed by atoms with van der Waals surface area (Å²) in [6.45, 7) is 0.343. The number of benzene rings is 2. The third-order valence-electron chi connectivity index (χ3n) is 4.34. The summed E-state index contributed by atoms with van der Waals surface area (Å²) in [6, 6.07) is 14.0. The van der Waals surface area contributed by atoms with Gasteiger partial charge in [0.15, 0.2) is 6.10 Å². The number of carbonyl (C=O) groups excluding carboxylic acids is 3. The van der Waals surface area contributed by atoms with E-state index in [1.54, 1.807) is 43.4 Å². The average Bonchev–Trinajstić information content (AvgIpc) is 2.67. The molecule has 1 amide bonds. The predicted octanol–water partition coefficient (Wildman–Crippen LogP) is 2.21. The van der Waals surface area contributed by atoms with E-state index in [4.69, 9.17) is 4.74 Å². The number of nitrogens with zero attached hydrogens (tertiary/aromatic N) is 1. The molecule has 0 N–H and O–H groups in total. The van der Waals surface area contributed by atoms with Gasteiger partial charge in [0.2, 0.25) is 0 Å². The summed E-state index contributed by atoms with van der Waals surface area (Å²) in [5, 5.41) is 0. The Balaban J connectivity index is 1.67. The summed E-state index contributed by atoms with van der Waals surface area (Å²) >= 11 is 0. The second kappa shape index (κ2) is 7.39. The third kappa shape index (κ3) is 3.59. The van der Waals surface area contributed by atoms with Crippen molar-refractivity contribution >= 4 is 17.8 Å². The first-order valence-electron chi connectivity index (χ1n) is 8.20. The second-order valence-corrected chi connectivity index (χ2v) is 6.14. The molecule has 1 aliphatic heterocycles. The Kier molecular flexibility index (Phi) is 5.02. The van der Waals surface area contributed by atoms with Gasteiger partial charge in [-0.3, -0.25) is 4.79 Å². The molecule has 2 aromatic rings. The lowest BCUT2D eigenvalue weighted by Crippen LogP contribution is -2.42. The van der Waals surface area contributed by atoms with E-state index in [0.29, 0.717) is 24.1 Å². The van der Waals surface area contributed by atoms with Crippen LogP contribution >= 0.6 is 0 Å². The van der Waals surface area contributed by atoms with Crippen molar-refractivity contribution in [1.82, 2.24) is 4.90 Å². The summed E-state index contributed by atoms with van der Waals surface area (Å²) in [5.41, 5.74) is 2.63. The molecule has 2 aromatic carbocycles. The Bertz CT molecular complexity index is 844. The molecule has 0 saturated carbocycles. The number of carbonyl (C=O) groups is 3. The van der Waals surface area contributed by atoms with Gasteiger partial charge < -0.3 is 14.4 Å². The van der Waals surface area contributed by atoms with Gasteiger partial charge >= 0.3 is 11.9 Å². The number of hydrogen-bond donors (Lipinski definition) is 0. The standard InChI is InChI=1S/C20H19NO5/c1-21(12-13-7-9-14(10-8-13)19(23)25-2)18(22)17-11-15-5-3-4-6-16(15)20(24)26-17/h3-10,17H,11-12H2,1-2H3/t17-/m0/s1. The van der Waals surface area contributed by atoms with E-state index < -0.39 is 18.0 Å². The van der Waals surface area contributed by atoms with E-state index >= 15 is 0 Å². The first-order valence-corrected chi connectivity index (χ1v) is 8.20. The van der Waals surface area contributed by atoms with Crippen molar-refractivity contribution in [3.63, 3.8) is 0 Å². The minimum Gasteiger partial charge on any atom is -0.465 e. The quantitative estimate of drug-likeness (QED) is 0.788. The summed E-state index contributed by atoms with van der Waals surface area (Å²) in [4.78, 5) is 37.7. The Morgan fingerprint density at radius 3 is 2.54 bits per heavy atom. The van der Waals surface area contributed by atoms with Gasteiger partial charge in [0, 0.05) is 20.0 Å². The molecule has 6 nitrogen and oxygen atoms in total. The molecule has 0 bridgehead atoms. The Morgan fingerprint density at radius 2 is 1.85 bits per heavy atom. The number of methoxy groups -OCH3 is 1. The lowest BCUT2D eigenvalue weighted by molar-refractivity contribution is -0.140. The molecule has 1 aliphatic rings. The number of esters is 2. The first-order chi connectivity index (χ1) is 12.5. The molecule has 0 unspecified atom stereocenters. The normalized spacial score (nSPS) is 15.6. The summed E-state index contributed by atoms with van der Waals surface area (Å²) in [6.07, 6.45) is -0.455. The van der Waals surface area contributed by atoms with Crippen LogP contribution in [0.15, 0.2) is 48.5 Å². The largest absolute Gasteiger partial charge is 0.465 e. The lowest BCUT2D eigenvalue weighted by Gasteiger charge is -2.27. The van der Waals surface area contributed by atoms with Crippen molar-refractivity contribution in [3.8, 4) is 0 Å². The van der Waals surface area contributed by atoms with Crippen molar-refractivity contribution in [2.45, 2.75) is 19.1 Å². The van der Waals surface area contributed by atoms with Gasteiger partial charge in [-0.25, -0.2) is 9.59 Å². The molecule has 0 spiro atoms. The minimum absolute atomic E-state index is 0.259. The van der Waals surface area contributed by atoms with Crippen LogP contribution in [-0.4, -0.2) is 43.0 Å². The Hall–Kier alpha value is -3.15. The highest BCUT2D eigenvalue weighted by molar-refractivity contribution is 5.95. The molecule has 1 atom stereocenters. The van der Waals surface area contributed by atoms with Crippen LogP contribution in [0.2, 0.25) is 0 Å². The highest BCUT2D eigenvalue weighted by Gasteiger charge is 2.32. The zero-order valence-corrected chi connectivity index (χ0v) is 14.6. The zero-order valence-electron chi connectivity index (χ0n) is 14.6. The number of cyclic esters (lactones) is 1. The molecule has 1 heterocycles. The number of likely N-dealkylation sites (N-methyl/N-ethyl adjacent to an activating group) is 1. The molecule has 0 aliphatic carbocycles. The number of amides is 1. The van der Waals surface area contributed by atoms with Crippen LogP contribution in [0.4, 0.5) is 0 Å². The number of ether oxygens (including phenoxy) is 2. The average molecular weight is 353 g/mol. The summed E-state index contributed by atoms with van der Waals surface area (Å²) < 4.78 is 9.97. The maximum absolute atomic E-state index is 12.7. The van der Waals surface area contributed by atoms with Crippen molar-refractivity contribution in [1.29, 1.82) is 0 Å². The monoisotopic (exact) mass is 353 g/mol. The van der Waals surface area contributed by atoms with Crippen molar-refractivity contribution in [3.05, 3.63) is 70.8 Å². The molecule has 3 rings (SSSR count). The van der Waals surface area contributed by atoms with E-state index in [0.717, 1.165) is 11.1 Å². The van der Waals surface area contributed by atoms with Crippen molar-refractivity contribution < 1.29 is 23.9 Å². The van der Waals surface area contributed by atoms with Crippen LogP contribution in [0, 0.1) is 0 Å². The van der Waals surface area contributed by atoms with Crippen molar-refractivity contribution in [2.24, 2.45) is 0 Å².